The van der Waals surface area contributed by atoms with Gasteiger partial charge in [-0.3, -0.25) is 4.90 Å². The van der Waals surface area contributed by atoms with Gasteiger partial charge in [0, 0.05) is 38.4 Å². The molecule has 6 nitrogen and oxygen atoms in total. The molecule has 2 aromatic carbocycles. The summed E-state index contributed by atoms with van der Waals surface area (Å²) in [7, 11) is 3.31. The van der Waals surface area contributed by atoms with Crippen LogP contribution in [0, 0.1) is 0 Å². The summed E-state index contributed by atoms with van der Waals surface area (Å²) < 4.78 is 16.0. The topological polar surface area (TPSA) is 54.4 Å². The van der Waals surface area contributed by atoms with Crippen molar-refractivity contribution >= 4 is 5.69 Å². The molecule has 0 spiro atoms. The van der Waals surface area contributed by atoms with Crippen molar-refractivity contribution in [3.8, 4) is 17.2 Å². The van der Waals surface area contributed by atoms with Crippen LogP contribution in [0.25, 0.3) is 0 Å². The maximum Gasteiger partial charge on any atom is 0.119 e. The lowest BCUT2D eigenvalue weighted by Crippen LogP contribution is -2.49. The number of aliphatic hydroxyl groups excluding tert-OH is 1. The molecule has 0 radical (unpaired) electrons. The van der Waals surface area contributed by atoms with Crippen molar-refractivity contribution in [2.45, 2.75) is 6.10 Å². The summed E-state index contributed by atoms with van der Waals surface area (Å²) in [6.07, 6.45) is -0.514. The first-order valence-corrected chi connectivity index (χ1v) is 9.24. The molecule has 1 atom stereocenters. The van der Waals surface area contributed by atoms with Crippen molar-refractivity contribution in [1.82, 2.24) is 4.90 Å². The molecule has 0 saturated carbocycles. The van der Waals surface area contributed by atoms with E-state index in [1.165, 1.54) is 5.69 Å². The highest BCUT2D eigenvalue weighted by Gasteiger charge is 2.19. The van der Waals surface area contributed by atoms with Crippen molar-refractivity contribution in [2.24, 2.45) is 0 Å². The molecule has 0 aliphatic carbocycles. The number of anilines is 1. The third kappa shape index (κ3) is 5.52. The van der Waals surface area contributed by atoms with E-state index < -0.39 is 6.10 Å². The minimum atomic E-state index is -0.514. The summed E-state index contributed by atoms with van der Waals surface area (Å²) in [6.45, 7) is 4.63. The van der Waals surface area contributed by atoms with Crippen molar-refractivity contribution in [3.63, 3.8) is 0 Å². The predicted molar refractivity (Wildman–Crippen MR) is 106 cm³/mol. The Balaban J connectivity index is 1.40. The molecule has 0 aromatic heterocycles. The zero-order valence-corrected chi connectivity index (χ0v) is 16.0. The second-order valence-electron chi connectivity index (χ2n) is 6.63. The zero-order valence-electron chi connectivity index (χ0n) is 16.0. The molecule has 0 amide bonds. The highest BCUT2D eigenvalue weighted by molar-refractivity contribution is 5.49. The van der Waals surface area contributed by atoms with Crippen LogP contribution in [0.1, 0.15) is 0 Å². The summed E-state index contributed by atoms with van der Waals surface area (Å²) >= 11 is 0. The lowest BCUT2D eigenvalue weighted by atomic mass is 10.2. The fraction of sp³-hybridized carbons (Fsp3) is 0.429. The van der Waals surface area contributed by atoms with E-state index in [9.17, 15) is 5.11 Å². The Morgan fingerprint density at radius 2 is 1.33 bits per heavy atom. The Labute approximate surface area is 160 Å². The number of hydrogen-bond acceptors (Lipinski definition) is 6. The number of benzene rings is 2. The molecule has 27 heavy (non-hydrogen) atoms. The molecule has 3 rings (SSSR count). The van der Waals surface area contributed by atoms with Crippen LogP contribution in [0.4, 0.5) is 5.69 Å². The molecule has 2 aromatic rings. The van der Waals surface area contributed by atoms with Gasteiger partial charge in [-0.2, -0.15) is 0 Å². The van der Waals surface area contributed by atoms with Gasteiger partial charge in [0.05, 0.1) is 14.2 Å². The van der Waals surface area contributed by atoms with E-state index in [0.717, 1.165) is 43.4 Å². The number of methoxy groups -OCH3 is 2. The van der Waals surface area contributed by atoms with Crippen LogP contribution in [0.3, 0.4) is 0 Å². The molecule has 1 aliphatic heterocycles. The van der Waals surface area contributed by atoms with Crippen molar-refractivity contribution in [1.29, 1.82) is 0 Å². The second-order valence-corrected chi connectivity index (χ2v) is 6.63. The SMILES string of the molecule is COc1ccc(OCC(O)CN2CCN(c3ccc(OC)cc3)CC2)cc1. The number of nitrogens with zero attached hydrogens (tertiary/aromatic N) is 2. The smallest absolute Gasteiger partial charge is 0.119 e. The van der Waals surface area contributed by atoms with Crippen LogP contribution in [-0.4, -0.2) is 69.7 Å². The number of piperazine rings is 1. The number of aliphatic hydroxyl groups is 1. The first-order chi connectivity index (χ1) is 13.2. The molecule has 1 fully saturated rings. The van der Waals surface area contributed by atoms with E-state index in [2.05, 4.69) is 21.9 Å². The van der Waals surface area contributed by atoms with Crippen LogP contribution in [0.2, 0.25) is 0 Å². The number of β-amino-alcohol motifs (C(OH)–C–C–N with tert-alkyl or cyclic N) is 1. The Hall–Kier alpha value is -2.44. The fourth-order valence-electron chi connectivity index (χ4n) is 3.20. The molecule has 1 aliphatic rings. The van der Waals surface area contributed by atoms with Gasteiger partial charge < -0.3 is 24.2 Å². The number of rotatable bonds is 8. The minimum Gasteiger partial charge on any atom is -0.497 e. The lowest BCUT2D eigenvalue weighted by molar-refractivity contribution is 0.0663. The Kier molecular flexibility index (Phi) is 6.79. The van der Waals surface area contributed by atoms with Gasteiger partial charge in [0.2, 0.25) is 0 Å². The molecule has 0 bridgehead atoms. The van der Waals surface area contributed by atoms with Gasteiger partial charge >= 0.3 is 0 Å². The largest absolute Gasteiger partial charge is 0.497 e. The van der Waals surface area contributed by atoms with Crippen molar-refractivity contribution in [3.05, 3.63) is 48.5 Å². The van der Waals surface area contributed by atoms with Gasteiger partial charge in [-0.15, -0.1) is 0 Å². The molecular weight excluding hydrogens is 344 g/mol. The van der Waals surface area contributed by atoms with Gasteiger partial charge in [0.1, 0.15) is 30.0 Å². The summed E-state index contributed by atoms with van der Waals surface area (Å²) in [5.74, 6) is 2.40. The van der Waals surface area contributed by atoms with E-state index in [-0.39, 0.29) is 6.61 Å². The van der Waals surface area contributed by atoms with E-state index in [1.54, 1.807) is 14.2 Å². The van der Waals surface area contributed by atoms with Gasteiger partial charge in [-0.05, 0) is 48.5 Å². The first kappa shape index (κ1) is 19.3. The highest BCUT2D eigenvalue weighted by atomic mass is 16.5. The second kappa shape index (κ2) is 9.48. The molecule has 146 valence electrons. The average Bonchev–Trinajstić information content (AvgIpc) is 2.73. The van der Waals surface area contributed by atoms with E-state index in [1.807, 2.05) is 36.4 Å². The third-order valence-electron chi connectivity index (χ3n) is 4.78. The first-order valence-electron chi connectivity index (χ1n) is 9.24. The van der Waals surface area contributed by atoms with Gasteiger partial charge in [0.15, 0.2) is 0 Å². The van der Waals surface area contributed by atoms with E-state index in [4.69, 9.17) is 14.2 Å². The Bertz CT molecular complexity index is 682. The number of hydrogen-bond donors (Lipinski definition) is 1. The molecule has 1 N–H and O–H groups in total. The zero-order chi connectivity index (χ0) is 19.1. The normalized spacial score (nSPS) is 16.0. The summed E-state index contributed by atoms with van der Waals surface area (Å²) in [5, 5.41) is 10.3. The van der Waals surface area contributed by atoms with Gasteiger partial charge in [-0.25, -0.2) is 0 Å². The quantitative estimate of drug-likeness (QED) is 0.767. The lowest BCUT2D eigenvalue weighted by Gasteiger charge is -2.36. The van der Waals surface area contributed by atoms with Gasteiger partial charge in [0.25, 0.3) is 0 Å². The van der Waals surface area contributed by atoms with Crippen LogP contribution < -0.4 is 19.1 Å². The monoisotopic (exact) mass is 372 g/mol. The van der Waals surface area contributed by atoms with Crippen LogP contribution in [0.5, 0.6) is 17.2 Å². The average molecular weight is 372 g/mol. The maximum atomic E-state index is 10.3. The highest BCUT2D eigenvalue weighted by Crippen LogP contribution is 2.21. The van der Waals surface area contributed by atoms with Crippen LogP contribution in [0.15, 0.2) is 48.5 Å². The summed E-state index contributed by atoms with van der Waals surface area (Å²) in [5.41, 5.74) is 1.21. The molecule has 1 unspecified atom stereocenters. The maximum absolute atomic E-state index is 10.3. The third-order valence-corrected chi connectivity index (χ3v) is 4.78. The van der Waals surface area contributed by atoms with Crippen molar-refractivity contribution < 1.29 is 19.3 Å². The fourth-order valence-corrected chi connectivity index (χ4v) is 3.20. The Morgan fingerprint density at radius 3 is 1.89 bits per heavy atom. The van der Waals surface area contributed by atoms with E-state index in [0.29, 0.717) is 6.54 Å². The summed E-state index contributed by atoms with van der Waals surface area (Å²) in [6, 6.07) is 15.5. The van der Waals surface area contributed by atoms with E-state index >= 15 is 0 Å². The van der Waals surface area contributed by atoms with Crippen LogP contribution >= 0.6 is 0 Å². The molecule has 6 heteroatoms. The molecule has 1 heterocycles. The van der Waals surface area contributed by atoms with Gasteiger partial charge in [-0.1, -0.05) is 0 Å². The molecular formula is C21H28N2O4. The van der Waals surface area contributed by atoms with Crippen LogP contribution in [-0.2, 0) is 0 Å². The minimum absolute atomic E-state index is 0.283. The predicted octanol–water partition coefficient (Wildman–Crippen LogP) is 2.27. The summed E-state index contributed by atoms with van der Waals surface area (Å²) in [4.78, 5) is 4.64. The number of ether oxygens (including phenoxy) is 3. The Morgan fingerprint density at radius 1 is 0.815 bits per heavy atom. The molecule has 1 saturated heterocycles. The standard InChI is InChI=1S/C21H28N2O4/c1-25-19-5-3-17(4-6-19)23-13-11-22(12-14-23)15-18(24)16-27-21-9-7-20(26-2)8-10-21/h3-10,18,24H,11-16H2,1-2H3. The van der Waals surface area contributed by atoms with Crippen molar-refractivity contribution in [2.75, 3.05) is 58.5 Å².